The Labute approximate surface area is 153 Å². The Morgan fingerprint density at radius 3 is 2.54 bits per heavy atom. The van der Waals surface area contributed by atoms with Gasteiger partial charge >= 0.3 is 0 Å². The van der Waals surface area contributed by atoms with Crippen LogP contribution in [0.1, 0.15) is 25.8 Å². The molecule has 0 radical (unpaired) electrons. The number of nitrogens with zero attached hydrogens (tertiary/aromatic N) is 1. The van der Waals surface area contributed by atoms with Gasteiger partial charge in [-0.05, 0) is 30.5 Å². The summed E-state index contributed by atoms with van der Waals surface area (Å²) in [5, 5.41) is 5.44. The maximum Gasteiger partial charge on any atom is 0.274 e. The van der Waals surface area contributed by atoms with Crippen molar-refractivity contribution in [3.05, 3.63) is 64.6 Å². The van der Waals surface area contributed by atoms with E-state index in [1.807, 2.05) is 37.3 Å². The molecular weight excluding hydrogens is 330 g/mol. The second-order valence-electron chi connectivity index (χ2n) is 6.24. The lowest BCUT2D eigenvalue weighted by atomic mass is 10.1. The Balaban J connectivity index is 1.92. The molecule has 2 amide bonds. The number of carbonyl (C=O) groups is 2. The van der Waals surface area contributed by atoms with Crippen molar-refractivity contribution in [2.45, 2.75) is 33.2 Å². The summed E-state index contributed by atoms with van der Waals surface area (Å²) in [6.07, 6.45) is 2.96. The van der Waals surface area contributed by atoms with E-state index in [2.05, 4.69) is 10.6 Å². The van der Waals surface area contributed by atoms with E-state index in [0.717, 1.165) is 12.0 Å². The van der Waals surface area contributed by atoms with Gasteiger partial charge in [-0.15, -0.1) is 0 Å². The molecule has 2 rings (SSSR count). The maximum atomic E-state index is 12.4. The molecule has 0 bridgehead atoms. The molecule has 2 aromatic rings. The van der Waals surface area contributed by atoms with Crippen molar-refractivity contribution in [1.29, 1.82) is 0 Å². The minimum absolute atomic E-state index is 0.0827. The highest BCUT2D eigenvalue weighted by molar-refractivity contribution is 5.92. The van der Waals surface area contributed by atoms with Crippen LogP contribution in [0.3, 0.4) is 0 Å². The van der Waals surface area contributed by atoms with Crippen LogP contribution in [-0.4, -0.2) is 22.9 Å². The first-order valence-corrected chi connectivity index (χ1v) is 8.82. The normalized spacial score (nSPS) is 11.6. The highest BCUT2D eigenvalue weighted by Crippen LogP contribution is 2.06. The number of nitrogens with one attached hydrogen (secondary N) is 2. The average molecular weight is 355 g/mol. The summed E-state index contributed by atoms with van der Waals surface area (Å²) in [4.78, 5) is 36.5. The van der Waals surface area contributed by atoms with Crippen LogP contribution in [0.25, 0.3) is 0 Å². The Hall–Kier alpha value is -2.89. The van der Waals surface area contributed by atoms with Crippen LogP contribution in [0.4, 0.5) is 5.69 Å². The third kappa shape index (κ3) is 5.58. The first-order chi connectivity index (χ1) is 12.5. The highest BCUT2D eigenvalue weighted by Gasteiger charge is 2.13. The van der Waals surface area contributed by atoms with Gasteiger partial charge in [0.15, 0.2) is 0 Å². The number of amides is 2. The topological polar surface area (TPSA) is 80.2 Å². The zero-order valence-corrected chi connectivity index (χ0v) is 15.2. The quantitative estimate of drug-likeness (QED) is 0.762. The predicted octanol–water partition coefficient (Wildman–Crippen LogP) is 2.19. The van der Waals surface area contributed by atoms with Crippen molar-refractivity contribution in [3.8, 4) is 0 Å². The van der Waals surface area contributed by atoms with E-state index in [9.17, 15) is 14.4 Å². The number of hydrogen-bond donors (Lipinski definition) is 2. The van der Waals surface area contributed by atoms with Crippen molar-refractivity contribution in [2.24, 2.45) is 5.92 Å². The van der Waals surface area contributed by atoms with Crippen molar-refractivity contribution >= 4 is 17.5 Å². The van der Waals surface area contributed by atoms with Crippen LogP contribution in [0.2, 0.25) is 0 Å². The summed E-state index contributed by atoms with van der Waals surface area (Å²) < 4.78 is 1.30. The molecule has 2 N–H and O–H groups in total. The number of anilines is 1. The number of hydrogen-bond acceptors (Lipinski definition) is 3. The fourth-order valence-electron chi connectivity index (χ4n) is 2.40. The second kappa shape index (κ2) is 9.56. The Morgan fingerprint density at radius 2 is 1.85 bits per heavy atom. The fraction of sp³-hybridized carbons (Fsp3) is 0.350. The van der Waals surface area contributed by atoms with E-state index in [4.69, 9.17) is 0 Å². The van der Waals surface area contributed by atoms with Crippen LogP contribution < -0.4 is 16.2 Å². The van der Waals surface area contributed by atoms with Gasteiger partial charge in [0.05, 0.1) is 0 Å². The van der Waals surface area contributed by atoms with Gasteiger partial charge in [0, 0.05) is 18.7 Å². The number of pyridine rings is 1. The van der Waals surface area contributed by atoms with Crippen LogP contribution >= 0.6 is 0 Å². The van der Waals surface area contributed by atoms with Gasteiger partial charge in [0.2, 0.25) is 11.8 Å². The molecule has 0 spiro atoms. The molecule has 1 atom stereocenters. The molecule has 0 unspecified atom stereocenters. The van der Waals surface area contributed by atoms with E-state index < -0.39 is 0 Å². The molecule has 1 aromatic heterocycles. The van der Waals surface area contributed by atoms with Crippen LogP contribution in [-0.2, 0) is 22.6 Å². The van der Waals surface area contributed by atoms with Crippen molar-refractivity contribution in [3.63, 3.8) is 0 Å². The summed E-state index contributed by atoms with van der Waals surface area (Å²) in [7, 11) is 0. The van der Waals surface area contributed by atoms with Gasteiger partial charge in [-0.2, -0.15) is 0 Å². The molecule has 0 saturated carbocycles. The molecule has 26 heavy (non-hydrogen) atoms. The second-order valence-corrected chi connectivity index (χ2v) is 6.24. The molecule has 0 aliphatic carbocycles. The van der Waals surface area contributed by atoms with Gasteiger partial charge < -0.3 is 15.2 Å². The Kier molecular flexibility index (Phi) is 7.14. The summed E-state index contributed by atoms with van der Waals surface area (Å²) in [5.74, 6) is -0.618. The Bertz CT molecular complexity index is 799. The van der Waals surface area contributed by atoms with Crippen LogP contribution in [0.15, 0.2) is 53.5 Å². The standard InChI is InChI=1S/C20H25N3O3/c1-3-15(2)19(25)22-17-10-7-13-23(20(17)26)14-18(24)21-12-11-16-8-5-4-6-9-16/h4-10,13,15H,3,11-12,14H2,1-2H3,(H,21,24)(H,22,25)/t15-/m1/s1. The third-order valence-corrected chi connectivity index (χ3v) is 4.23. The largest absolute Gasteiger partial charge is 0.354 e. The average Bonchev–Trinajstić information content (AvgIpc) is 2.65. The van der Waals surface area contributed by atoms with Crippen LogP contribution in [0.5, 0.6) is 0 Å². The number of rotatable bonds is 8. The predicted molar refractivity (Wildman–Crippen MR) is 102 cm³/mol. The summed E-state index contributed by atoms with van der Waals surface area (Å²) in [5.41, 5.74) is 0.942. The van der Waals surface area contributed by atoms with E-state index in [-0.39, 0.29) is 35.5 Å². The third-order valence-electron chi connectivity index (χ3n) is 4.23. The fourth-order valence-corrected chi connectivity index (χ4v) is 2.40. The number of aromatic nitrogens is 1. The van der Waals surface area contributed by atoms with E-state index in [0.29, 0.717) is 13.0 Å². The summed E-state index contributed by atoms with van der Waals surface area (Å²) in [6, 6.07) is 13.0. The molecule has 0 saturated heterocycles. The van der Waals surface area contributed by atoms with E-state index in [1.54, 1.807) is 19.1 Å². The monoisotopic (exact) mass is 355 g/mol. The first-order valence-electron chi connectivity index (χ1n) is 8.82. The zero-order valence-electron chi connectivity index (χ0n) is 15.2. The number of carbonyl (C=O) groups excluding carboxylic acids is 2. The van der Waals surface area contributed by atoms with Crippen LogP contribution in [0, 0.1) is 5.92 Å². The lowest BCUT2D eigenvalue weighted by Crippen LogP contribution is -2.34. The van der Waals surface area contributed by atoms with Crippen molar-refractivity contribution in [1.82, 2.24) is 9.88 Å². The minimum Gasteiger partial charge on any atom is -0.354 e. The summed E-state index contributed by atoms with van der Waals surface area (Å²) >= 11 is 0. The first kappa shape index (κ1) is 19.4. The SMILES string of the molecule is CC[C@@H](C)C(=O)Nc1cccn(CC(=O)NCCc2ccccc2)c1=O. The molecule has 1 heterocycles. The van der Waals surface area contributed by atoms with Gasteiger partial charge in [-0.25, -0.2) is 0 Å². The van der Waals surface area contributed by atoms with Gasteiger partial charge in [-0.1, -0.05) is 44.2 Å². The Morgan fingerprint density at radius 1 is 1.12 bits per heavy atom. The van der Waals surface area contributed by atoms with Gasteiger partial charge in [0.1, 0.15) is 12.2 Å². The maximum absolute atomic E-state index is 12.4. The molecule has 1 aromatic carbocycles. The van der Waals surface area contributed by atoms with Crippen molar-refractivity contribution in [2.75, 3.05) is 11.9 Å². The molecule has 6 heteroatoms. The number of benzene rings is 1. The molecular formula is C20H25N3O3. The van der Waals surface area contributed by atoms with Gasteiger partial charge in [0.25, 0.3) is 5.56 Å². The van der Waals surface area contributed by atoms with Crippen molar-refractivity contribution < 1.29 is 9.59 Å². The van der Waals surface area contributed by atoms with Gasteiger partial charge in [-0.3, -0.25) is 14.4 Å². The van der Waals surface area contributed by atoms with E-state index in [1.165, 1.54) is 10.8 Å². The summed E-state index contributed by atoms with van der Waals surface area (Å²) in [6.45, 7) is 4.13. The highest BCUT2D eigenvalue weighted by atomic mass is 16.2. The zero-order chi connectivity index (χ0) is 18.9. The molecule has 6 nitrogen and oxygen atoms in total. The smallest absolute Gasteiger partial charge is 0.274 e. The molecule has 0 fully saturated rings. The molecule has 0 aliphatic rings. The lowest BCUT2D eigenvalue weighted by molar-refractivity contribution is -0.121. The lowest BCUT2D eigenvalue weighted by Gasteiger charge is -2.12. The minimum atomic E-state index is -0.387. The molecule has 138 valence electrons. The van der Waals surface area contributed by atoms with E-state index >= 15 is 0 Å². The molecule has 0 aliphatic heterocycles.